The van der Waals surface area contributed by atoms with Crippen LogP contribution in [0, 0.1) is 20.8 Å². The van der Waals surface area contributed by atoms with E-state index in [9.17, 15) is 4.79 Å². The van der Waals surface area contributed by atoms with E-state index in [1.165, 1.54) is 0 Å². The molecule has 0 radical (unpaired) electrons. The topological polar surface area (TPSA) is 61.9 Å². The van der Waals surface area contributed by atoms with Crippen molar-refractivity contribution in [3.63, 3.8) is 0 Å². The van der Waals surface area contributed by atoms with Crippen LogP contribution in [0.1, 0.15) is 39.2 Å². The molecule has 1 N–H and O–H groups in total. The highest BCUT2D eigenvalue weighted by Crippen LogP contribution is 2.27. The van der Waals surface area contributed by atoms with Crippen molar-refractivity contribution in [3.05, 3.63) is 58.7 Å². The number of carbonyl (C=O) groups is 1. The second-order valence-corrected chi connectivity index (χ2v) is 8.07. The summed E-state index contributed by atoms with van der Waals surface area (Å²) in [7, 11) is 2.14. The summed E-state index contributed by atoms with van der Waals surface area (Å²) < 4.78 is 11.8. The number of amides is 1. The Bertz CT molecular complexity index is 1010. The highest BCUT2D eigenvalue weighted by atomic mass is 16.3. The van der Waals surface area contributed by atoms with Crippen LogP contribution >= 0.6 is 0 Å². The molecule has 6 heteroatoms. The Hall–Kier alpha value is -2.57. The Morgan fingerprint density at radius 1 is 1.07 bits per heavy atom. The molecule has 4 rings (SSSR count). The summed E-state index contributed by atoms with van der Waals surface area (Å²) in [6.45, 7) is 10.3. The number of rotatable bonds is 5. The number of furan rings is 2. The zero-order valence-electron chi connectivity index (χ0n) is 17.6. The zero-order chi connectivity index (χ0) is 20.5. The average Bonchev–Trinajstić information content (AvgIpc) is 3.26. The molecule has 0 aliphatic carbocycles. The van der Waals surface area contributed by atoms with E-state index in [0.717, 1.165) is 59.8 Å². The quantitative estimate of drug-likeness (QED) is 0.714. The predicted molar refractivity (Wildman–Crippen MR) is 113 cm³/mol. The van der Waals surface area contributed by atoms with E-state index in [2.05, 4.69) is 22.2 Å². The second-order valence-electron chi connectivity index (χ2n) is 8.07. The molecule has 0 bridgehead atoms. The molecule has 1 amide bonds. The third-order valence-corrected chi connectivity index (χ3v) is 5.82. The summed E-state index contributed by atoms with van der Waals surface area (Å²) in [6, 6.07) is 10.0. The SMILES string of the molecule is Cc1ccc2c(C)c(C(=O)NCC(c3ccc(C)o3)N3CCN(C)CC3)oc2c1. The van der Waals surface area contributed by atoms with Crippen molar-refractivity contribution in [3.8, 4) is 0 Å². The Morgan fingerprint density at radius 3 is 2.52 bits per heavy atom. The smallest absolute Gasteiger partial charge is 0.287 e. The minimum atomic E-state index is -0.182. The summed E-state index contributed by atoms with van der Waals surface area (Å²) in [5.74, 6) is 1.98. The van der Waals surface area contributed by atoms with Gasteiger partial charge in [0.15, 0.2) is 5.76 Å². The van der Waals surface area contributed by atoms with Crippen molar-refractivity contribution in [2.45, 2.75) is 26.8 Å². The summed E-state index contributed by atoms with van der Waals surface area (Å²) in [6.07, 6.45) is 0. The van der Waals surface area contributed by atoms with Crippen LogP contribution in [0.5, 0.6) is 0 Å². The lowest BCUT2D eigenvalue weighted by Gasteiger charge is -2.37. The molecular formula is C23H29N3O3. The molecule has 1 saturated heterocycles. The Labute approximate surface area is 171 Å². The molecule has 154 valence electrons. The van der Waals surface area contributed by atoms with Crippen LogP contribution in [0.3, 0.4) is 0 Å². The molecular weight excluding hydrogens is 366 g/mol. The van der Waals surface area contributed by atoms with E-state index >= 15 is 0 Å². The number of nitrogens with one attached hydrogen (secondary N) is 1. The Morgan fingerprint density at radius 2 is 1.83 bits per heavy atom. The Kier molecular flexibility index (Phi) is 5.48. The minimum absolute atomic E-state index is 0.00767. The average molecular weight is 396 g/mol. The van der Waals surface area contributed by atoms with Crippen LogP contribution in [-0.4, -0.2) is 55.5 Å². The molecule has 0 saturated carbocycles. The molecule has 1 aliphatic rings. The number of piperazine rings is 1. The summed E-state index contributed by atoms with van der Waals surface area (Å²) >= 11 is 0. The number of fused-ring (bicyclic) bond motifs is 1. The molecule has 3 heterocycles. The fraction of sp³-hybridized carbons (Fsp3) is 0.435. The number of hydrogen-bond acceptors (Lipinski definition) is 5. The van der Waals surface area contributed by atoms with Gasteiger partial charge in [0, 0.05) is 43.7 Å². The molecule has 1 aliphatic heterocycles. The van der Waals surface area contributed by atoms with Gasteiger partial charge in [0.25, 0.3) is 5.91 Å². The first-order valence-electron chi connectivity index (χ1n) is 10.2. The number of benzene rings is 1. The van der Waals surface area contributed by atoms with E-state index in [1.807, 2.05) is 51.1 Å². The van der Waals surface area contributed by atoms with Crippen LogP contribution in [0.25, 0.3) is 11.0 Å². The molecule has 3 aromatic rings. The van der Waals surface area contributed by atoms with E-state index in [4.69, 9.17) is 8.83 Å². The molecule has 29 heavy (non-hydrogen) atoms. The van der Waals surface area contributed by atoms with Crippen molar-refractivity contribution < 1.29 is 13.6 Å². The molecule has 2 aromatic heterocycles. The first-order chi connectivity index (χ1) is 13.9. The van der Waals surface area contributed by atoms with Crippen molar-refractivity contribution in [1.29, 1.82) is 0 Å². The van der Waals surface area contributed by atoms with Gasteiger partial charge in [-0.1, -0.05) is 12.1 Å². The van der Waals surface area contributed by atoms with E-state index in [0.29, 0.717) is 12.3 Å². The molecule has 1 unspecified atom stereocenters. The van der Waals surface area contributed by atoms with Gasteiger partial charge in [-0.25, -0.2) is 0 Å². The van der Waals surface area contributed by atoms with E-state index in [-0.39, 0.29) is 11.9 Å². The third kappa shape index (κ3) is 4.09. The van der Waals surface area contributed by atoms with Gasteiger partial charge in [0.1, 0.15) is 17.1 Å². The van der Waals surface area contributed by atoms with Gasteiger partial charge in [0.2, 0.25) is 0 Å². The van der Waals surface area contributed by atoms with Crippen molar-refractivity contribution in [2.75, 3.05) is 39.8 Å². The maximum atomic E-state index is 12.9. The number of aryl methyl sites for hydroxylation is 3. The summed E-state index contributed by atoms with van der Waals surface area (Å²) in [5.41, 5.74) is 2.74. The molecule has 1 fully saturated rings. The lowest BCUT2D eigenvalue weighted by atomic mass is 10.1. The maximum Gasteiger partial charge on any atom is 0.287 e. The second kappa shape index (κ2) is 8.05. The molecule has 6 nitrogen and oxygen atoms in total. The van der Waals surface area contributed by atoms with Gasteiger partial charge in [-0.05, 0) is 51.6 Å². The maximum absolute atomic E-state index is 12.9. The third-order valence-electron chi connectivity index (χ3n) is 5.82. The fourth-order valence-corrected chi connectivity index (χ4v) is 3.99. The zero-order valence-corrected chi connectivity index (χ0v) is 17.6. The van der Waals surface area contributed by atoms with Crippen LogP contribution in [-0.2, 0) is 0 Å². The van der Waals surface area contributed by atoms with Crippen molar-refractivity contribution in [1.82, 2.24) is 15.1 Å². The normalized spacial score (nSPS) is 17.0. The van der Waals surface area contributed by atoms with Gasteiger partial charge in [-0.3, -0.25) is 9.69 Å². The van der Waals surface area contributed by atoms with E-state index in [1.54, 1.807) is 0 Å². The monoisotopic (exact) mass is 395 g/mol. The van der Waals surface area contributed by atoms with Gasteiger partial charge >= 0.3 is 0 Å². The van der Waals surface area contributed by atoms with Gasteiger partial charge in [-0.2, -0.15) is 0 Å². The number of carbonyl (C=O) groups excluding carboxylic acids is 1. The van der Waals surface area contributed by atoms with Crippen LogP contribution in [0.4, 0.5) is 0 Å². The van der Waals surface area contributed by atoms with E-state index < -0.39 is 0 Å². The predicted octanol–water partition coefficient (Wildman–Crippen LogP) is 3.67. The first-order valence-corrected chi connectivity index (χ1v) is 10.2. The molecule has 1 aromatic carbocycles. The molecule has 0 spiro atoms. The largest absolute Gasteiger partial charge is 0.465 e. The molecule has 1 atom stereocenters. The van der Waals surface area contributed by atoms with Crippen LogP contribution < -0.4 is 5.32 Å². The van der Waals surface area contributed by atoms with Crippen molar-refractivity contribution >= 4 is 16.9 Å². The Balaban J connectivity index is 1.52. The minimum Gasteiger partial charge on any atom is -0.465 e. The van der Waals surface area contributed by atoms with Crippen molar-refractivity contribution in [2.24, 2.45) is 0 Å². The number of nitrogens with zero attached hydrogens (tertiary/aromatic N) is 2. The van der Waals surface area contributed by atoms with Gasteiger partial charge in [-0.15, -0.1) is 0 Å². The fourth-order valence-electron chi connectivity index (χ4n) is 3.99. The first kappa shape index (κ1) is 19.7. The highest BCUT2D eigenvalue weighted by Gasteiger charge is 2.27. The number of hydrogen-bond donors (Lipinski definition) is 1. The summed E-state index contributed by atoms with van der Waals surface area (Å²) in [5, 5.41) is 4.07. The number of likely N-dealkylation sites (N-methyl/N-ethyl adjacent to an activating group) is 1. The summed E-state index contributed by atoms with van der Waals surface area (Å²) in [4.78, 5) is 17.6. The lowest BCUT2D eigenvalue weighted by Crippen LogP contribution is -2.48. The lowest BCUT2D eigenvalue weighted by molar-refractivity contribution is 0.0831. The van der Waals surface area contributed by atoms with Crippen LogP contribution in [0.15, 0.2) is 39.2 Å². The highest BCUT2D eigenvalue weighted by molar-refractivity contribution is 5.99. The standard InChI is InChI=1S/C23H29N3O3/c1-15-5-7-18-17(3)22(29-21(18)13-15)23(27)24-14-19(20-8-6-16(2)28-20)26-11-9-25(4)10-12-26/h5-8,13,19H,9-12,14H2,1-4H3,(H,24,27). The van der Waals surface area contributed by atoms with Gasteiger partial charge in [0.05, 0.1) is 6.04 Å². The van der Waals surface area contributed by atoms with Gasteiger partial charge < -0.3 is 19.1 Å². The van der Waals surface area contributed by atoms with Crippen LogP contribution in [0.2, 0.25) is 0 Å².